The molecule has 0 N–H and O–H groups in total. The number of fused-ring (bicyclic) bond motifs is 3. The Morgan fingerprint density at radius 3 is 2.58 bits per heavy atom. The first-order valence-corrected chi connectivity index (χ1v) is 13.3. The Hall–Kier alpha value is -1.81. The summed E-state index contributed by atoms with van der Waals surface area (Å²) in [5.41, 5.74) is 1.48. The molecule has 3 aliphatic heterocycles. The predicted molar refractivity (Wildman–Crippen MR) is 128 cm³/mol. The lowest BCUT2D eigenvalue weighted by molar-refractivity contribution is -0.141. The van der Waals surface area contributed by atoms with Crippen molar-refractivity contribution in [1.82, 2.24) is 19.8 Å². The van der Waals surface area contributed by atoms with Crippen LogP contribution < -0.4 is 4.90 Å². The van der Waals surface area contributed by atoms with E-state index in [0.29, 0.717) is 6.61 Å². The fourth-order valence-electron chi connectivity index (χ4n) is 5.55. The van der Waals surface area contributed by atoms with Crippen molar-refractivity contribution in [1.29, 1.82) is 0 Å². The molecule has 0 radical (unpaired) electrons. The summed E-state index contributed by atoms with van der Waals surface area (Å²) in [4.78, 5) is 32.4. The first-order valence-electron chi connectivity index (χ1n) is 12.5. The average molecular weight is 472 g/mol. The monoisotopic (exact) mass is 471 g/mol. The van der Waals surface area contributed by atoms with E-state index >= 15 is 0 Å². The predicted octanol–water partition coefficient (Wildman–Crippen LogP) is 2.23. The molecule has 33 heavy (non-hydrogen) atoms. The maximum absolute atomic E-state index is 12.8. The van der Waals surface area contributed by atoms with Crippen LogP contribution in [0.5, 0.6) is 0 Å². The Labute approximate surface area is 198 Å². The van der Waals surface area contributed by atoms with E-state index in [-0.39, 0.29) is 12.0 Å². The van der Waals surface area contributed by atoms with E-state index < -0.39 is 0 Å². The summed E-state index contributed by atoms with van der Waals surface area (Å²) in [7, 11) is 0. The molecule has 0 spiro atoms. The lowest BCUT2D eigenvalue weighted by Crippen LogP contribution is -2.51. The van der Waals surface area contributed by atoms with Gasteiger partial charge in [0.1, 0.15) is 22.6 Å². The highest BCUT2D eigenvalue weighted by Crippen LogP contribution is 2.40. The van der Waals surface area contributed by atoms with Crippen LogP contribution in [0.25, 0.3) is 10.2 Å². The fourth-order valence-corrected chi connectivity index (χ4v) is 6.83. The highest BCUT2D eigenvalue weighted by molar-refractivity contribution is 7.19. The number of aryl methyl sites for hydroxylation is 2. The molecule has 1 amide bonds. The van der Waals surface area contributed by atoms with Crippen molar-refractivity contribution in [3.05, 3.63) is 16.3 Å². The zero-order valence-electron chi connectivity index (χ0n) is 19.3. The van der Waals surface area contributed by atoms with Gasteiger partial charge in [-0.3, -0.25) is 9.69 Å². The zero-order valence-corrected chi connectivity index (χ0v) is 20.1. The van der Waals surface area contributed by atoms with Gasteiger partial charge in [-0.2, -0.15) is 0 Å². The van der Waals surface area contributed by atoms with Crippen LogP contribution in [0.2, 0.25) is 0 Å². The van der Waals surface area contributed by atoms with Crippen LogP contribution >= 0.6 is 11.3 Å². The van der Waals surface area contributed by atoms with Gasteiger partial charge in [-0.25, -0.2) is 9.97 Å². The molecule has 3 saturated heterocycles. The van der Waals surface area contributed by atoms with Crippen LogP contribution in [-0.2, 0) is 33.7 Å². The minimum atomic E-state index is -0.230. The summed E-state index contributed by atoms with van der Waals surface area (Å²) in [6.45, 7) is 8.00. The van der Waals surface area contributed by atoms with Gasteiger partial charge < -0.3 is 19.3 Å². The first-order chi connectivity index (χ1) is 16.3. The molecule has 178 valence electrons. The number of carbonyl (C=O) groups is 1. The molecule has 0 aromatic carbocycles. The second-order valence-electron chi connectivity index (χ2n) is 9.56. The number of rotatable bonds is 4. The number of piperazine rings is 1. The molecule has 0 saturated carbocycles. The van der Waals surface area contributed by atoms with Gasteiger partial charge in [0.15, 0.2) is 0 Å². The van der Waals surface area contributed by atoms with E-state index in [2.05, 4.69) is 9.80 Å². The number of ether oxygens (including phenoxy) is 2. The van der Waals surface area contributed by atoms with Crippen molar-refractivity contribution in [3.8, 4) is 0 Å². The molecule has 6 rings (SSSR count). The number of amides is 1. The number of nitrogens with zero attached hydrogens (tertiary/aromatic N) is 5. The minimum absolute atomic E-state index is 0.168. The Kier molecular flexibility index (Phi) is 6.21. The minimum Gasteiger partial charge on any atom is -0.379 e. The number of hydrogen-bond acceptors (Lipinski definition) is 8. The third kappa shape index (κ3) is 4.36. The lowest BCUT2D eigenvalue weighted by Gasteiger charge is -2.37. The highest BCUT2D eigenvalue weighted by Gasteiger charge is 2.32. The molecule has 8 nitrogen and oxygen atoms in total. The summed E-state index contributed by atoms with van der Waals surface area (Å²) < 4.78 is 11.2. The topological polar surface area (TPSA) is 71.0 Å². The summed E-state index contributed by atoms with van der Waals surface area (Å²) in [6.07, 6.45) is 6.43. The Morgan fingerprint density at radius 1 is 0.970 bits per heavy atom. The first kappa shape index (κ1) is 21.7. The van der Waals surface area contributed by atoms with Crippen LogP contribution in [0.4, 0.5) is 5.82 Å². The van der Waals surface area contributed by atoms with Crippen molar-refractivity contribution in [2.45, 2.75) is 51.2 Å². The molecule has 4 aliphatic rings. The molecule has 5 heterocycles. The number of morpholine rings is 1. The molecule has 9 heteroatoms. The summed E-state index contributed by atoms with van der Waals surface area (Å²) >= 11 is 1.87. The number of thiophene rings is 1. The number of hydrogen-bond donors (Lipinski definition) is 0. The van der Waals surface area contributed by atoms with Gasteiger partial charge in [-0.05, 0) is 44.1 Å². The smallest absolute Gasteiger partial charge is 0.251 e. The third-order valence-corrected chi connectivity index (χ3v) is 8.59. The molecular weight excluding hydrogens is 438 g/mol. The average Bonchev–Trinajstić information content (AvgIpc) is 3.52. The van der Waals surface area contributed by atoms with Crippen molar-refractivity contribution < 1.29 is 14.3 Å². The SMILES string of the molecule is O=C(C1CCCO1)N1CCN(c2nc(CN3CCOCC3)nc3sc4c(c23)CCCC4)CC1. The Morgan fingerprint density at radius 2 is 1.79 bits per heavy atom. The van der Waals surface area contributed by atoms with Crippen LogP contribution in [0, 0.1) is 0 Å². The van der Waals surface area contributed by atoms with Gasteiger partial charge in [0.25, 0.3) is 5.91 Å². The molecule has 2 aromatic heterocycles. The van der Waals surface area contributed by atoms with Gasteiger partial charge in [0, 0.05) is 50.8 Å². The van der Waals surface area contributed by atoms with Gasteiger partial charge >= 0.3 is 0 Å². The van der Waals surface area contributed by atoms with Crippen LogP contribution in [0.3, 0.4) is 0 Å². The van der Waals surface area contributed by atoms with Crippen molar-refractivity contribution in [3.63, 3.8) is 0 Å². The normalized spacial score (nSPS) is 24.4. The second-order valence-corrected chi connectivity index (χ2v) is 10.6. The molecule has 0 bridgehead atoms. The van der Waals surface area contributed by atoms with Gasteiger partial charge in [0.05, 0.1) is 25.1 Å². The van der Waals surface area contributed by atoms with Crippen molar-refractivity contribution in [2.24, 2.45) is 0 Å². The molecule has 3 fully saturated rings. The summed E-state index contributed by atoms with van der Waals surface area (Å²) in [5, 5.41) is 1.28. The van der Waals surface area contributed by atoms with Crippen molar-refractivity contribution >= 4 is 33.3 Å². The van der Waals surface area contributed by atoms with Gasteiger partial charge in [0.2, 0.25) is 0 Å². The van der Waals surface area contributed by atoms with Crippen LogP contribution in [-0.4, -0.2) is 90.9 Å². The number of aromatic nitrogens is 2. The maximum Gasteiger partial charge on any atom is 0.251 e. The highest BCUT2D eigenvalue weighted by atomic mass is 32.1. The van der Waals surface area contributed by atoms with E-state index in [1.54, 1.807) is 0 Å². The fraction of sp³-hybridized carbons (Fsp3) is 0.708. The summed E-state index contributed by atoms with van der Waals surface area (Å²) in [5.74, 6) is 2.17. The van der Waals surface area contributed by atoms with Crippen LogP contribution in [0.1, 0.15) is 41.9 Å². The van der Waals surface area contributed by atoms with E-state index in [1.807, 2.05) is 16.2 Å². The lowest BCUT2D eigenvalue weighted by atomic mass is 9.97. The standard InChI is InChI=1S/C24H33N5O3S/c30-24(18-5-3-13-32-18)29-9-7-28(8-10-29)22-21-17-4-1-2-6-19(17)33-23(21)26-20(25-22)16-27-11-14-31-15-12-27/h18H,1-16H2. The van der Waals surface area contributed by atoms with E-state index in [9.17, 15) is 4.79 Å². The Bertz CT molecular complexity index is 1010. The van der Waals surface area contributed by atoms with E-state index in [4.69, 9.17) is 19.4 Å². The zero-order chi connectivity index (χ0) is 22.2. The van der Waals surface area contributed by atoms with Crippen LogP contribution in [0.15, 0.2) is 0 Å². The van der Waals surface area contributed by atoms with Gasteiger partial charge in [-0.1, -0.05) is 0 Å². The number of carbonyl (C=O) groups excluding carboxylic acids is 1. The van der Waals surface area contributed by atoms with E-state index in [0.717, 1.165) is 101 Å². The third-order valence-electron chi connectivity index (χ3n) is 7.41. The van der Waals surface area contributed by atoms with Crippen molar-refractivity contribution in [2.75, 3.05) is 64.0 Å². The quantitative estimate of drug-likeness (QED) is 0.677. The largest absolute Gasteiger partial charge is 0.379 e. The molecule has 1 unspecified atom stereocenters. The maximum atomic E-state index is 12.8. The van der Waals surface area contributed by atoms with Gasteiger partial charge in [-0.15, -0.1) is 11.3 Å². The molecular formula is C24H33N5O3S. The molecule has 1 aliphatic carbocycles. The number of anilines is 1. The summed E-state index contributed by atoms with van der Waals surface area (Å²) in [6, 6.07) is 0. The second kappa shape index (κ2) is 9.44. The molecule has 2 aromatic rings. The van der Waals surface area contributed by atoms with E-state index in [1.165, 1.54) is 28.7 Å². The molecule has 1 atom stereocenters. The Balaban J connectivity index is 1.27.